The fourth-order valence-electron chi connectivity index (χ4n) is 2.81. The van der Waals surface area contributed by atoms with Crippen LogP contribution in [0.5, 0.6) is 0 Å². The van der Waals surface area contributed by atoms with Crippen molar-refractivity contribution >= 4 is 41.7 Å². The lowest BCUT2D eigenvalue weighted by Gasteiger charge is -2.34. The molecule has 1 saturated heterocycles. The Bertz CT molecular complexity index is 578. The van der Waals surface area contributed by atoms with Crippen LogP contribution in [0.2, 0.25) is 0 Å². The number of unbranched alkanes of at least 4 members (excludes halogenated alkanes) is 1. The maximum Gasteiger partial charge on any atom is 0.250 e. The van der Waals surface area contributed by atoms with Crippen molar-refractivity contribution < 1.29 is 0 Å². The molecule has 2 rings (SSSR count). The van der Waals surface area contributed by atoms with Gasteiger partial charge in [0.2, 0.25) is 5.56 Å². The topological polar surface area (TPSA) is 49.6 Å². The van der Waals surface area contributed by atoms with Gasteiger partial charge in [-0.25, -0.2) is 0 Å². The number of nitrogens with zero attached hydrogens (tertiary/aromatic N) is 3. The second-order valence-electron chi connectivity index (χ2n) is 6.02. The number of rotatable bonds is 7. The summed E-state index contributed by atoms with van der Waals surface area (Å²) in [5.41, 5.74) is 0.0748. The first-order chi connectivity index (χ1) is 11.7. The second-order valence-corrected chi connectivity index (χ2v) is 7.43. The highest BCUT2D eigenvalue weighted by molar-refractivity contribution is 14.0. The third kappa shape index (κ3) is 7.60. The van der Waals surface area contributed by atoms with Gasteiger partial charge < -0.3 is 14.8 Å². The molecule has 142 valence electrons. The molecule has 0 aromatic carbocycles. The highest BCUT2D eigenvalue weighted by atomic mass is 127. The van der Waals surface area contributed by atoms with Gasteiger partial charge in [-0.1, -0.05) is 13.0 Å². The van der Waals surface area contributed by atoms with Crippen LogP contribution in [0.1, 0.15) is 33.1 Å². The summed E-state index contributed by atoms with van der Waals surface area (Å²) < 4.78 is 1.77. The van der Waals surface area contributed by atoms with Crippen molar-refractivity contribution in [3.05, 3.63) is 34.7 Å². The molecular weight excluding hydrogens is 447 g/mol. The number of hydrogen-bond acceptors (Lipinski definition) is 3. The first-order valence-electron chi connectivity index (χ1n) is 9.05. The highest BCUT2D eigenvalue weighted by Crippen LogP contribution is 2.21. The maximum atomic E-state index is 11.7. The first-order valence-corrected chi connectivity index (χ1v) is 10.1. The Hall–Kier alpha value is -0.700. The van der Waals surface area contributed by atoms with E-state index in [9.17, 15) is 4.79 Å². The van der Waals surface area contributed by atoms with Crippen LogP contribution in [-0.2, 0) is 6.54 Å². The van der Waals surface area contributed by atoms with Gasteiger partial charge in [0.15, 0.2) is 5.96 Å². The van der Waals surface area contributed by atoms with Gasteiger partial charge in [-0.05, 0) is 32.3 Å². The molecule has 1 aromatic heterocycles. The predicted octanol–water partition coefficient (Wildman–Crippen LogP) is 3.04. The van der Waals surface area contributed by atoms with Crippen LogP contribution in [0.25, 0.3) is 0 Å². The first kappa shape index (κ1) is 22.3. The Labute approximate surface area is 172 Å². The van der Waals surface area contributed by atoms with Crippen LogP contribution in [0.3, 0.4) is 0 Å². The Morgan fingerprint density at radius 3 is 2.92 bits per heavy atom. The molecule has 1 unspecified atom stereocenters. The van der Waals surface area contributed by atoms with Crippen LogP contribution in [0, 0.1) is 0 Å². The van der Waals surface area contributed by atoms with Crippen LogP contribution >= 0.6 is 35.7 Å². The molecule has 1 atom stereocenters. The van der Waals surface area contributed by atoms with E-state index in [0.29, 0.717) is 5.25 Å². The van der Waals surface area contributed by atoms with E-state index in [1.54, 1.807) is 16.7 Å². The van der Waals surface area contributed by atoms with E-state index in [1.807, 2.05) is 12.3 Å². The summed E-state index contributed by atoms with van der Waals surface area (Å²) in [6.07, 6.45) is 5.04. The Morgan fingerprint density at radius 2 is 2.20 bits per heavy atom. The van der Waals surface area contributed by atoms with Crippen LogP contribution in [0.4, 0.5) is 0 Å². The number of aromatic nitrogens is 1. The van der Waals surface area contributed by atoms with Crippen molar-refractivity contribution in [3.8, 4) is 0 Å². The number of hydrogen-bond donors (Lipinski definition) is 1. The molecule has 1 aliphatic heterocycles. The molecule has 1 aliphatic rings. The normalized spacial score (nSPS) is 17.9. The molecule has 5 nitrogen and oxygen atoms in total. The maximum absolute atomic E-state index is 11.7. The summed E-state index contributed by atoms with van der Waals surface area (Å²) in [7, 11) is 0. The van der Waals surface area contributed by atoms with Gasteiger partial charge in [0.05, 0.1) is 0 Å². The zero-order valence-electron chi connectivity index (χ0n) is 15.3. The monoisotopic (exact) mass is 478 g/mol. The predicted molar refractivity (Wildman–Crippen MR) is 119 cm³/mol. The Balaban J connectivity index is 0.00000312. The number of nitrogens with one attached hydrogen (secondary N) is 1. The molecular formula is C18H31IN4OS. The summed E-state index contributed by atoms with van der Waals surface area (Å²) in [6.45, 7) is 9.02. The van der Waals surface area contributed by atoms with Gasteiger partial charge in [0.1, 0.15) is 0 Å². The zero-order chi connectivity index (χ0) is 17.2. The van der Waals surface area contributed by atoms with Crippen molar-refractivity contribution in [1.82, 2.24) is 14.8 Å². The average molecular weight is 478 g/mol. The minimum Gasteiger partial charge on any atom is -0.357 e. The molecule has 7 heteroatoms. The van der Waals surface area contributed by atoms with E-state index < -0.39 is 0 Å². The number of thioether (sulfide) groups is 1. The molecule has 1 aromatic rings. The Morgan fingerprint density at radius 1 is 1.36 bits per heavy atom. The standard InChI is InChI=1S/C18H30N4OS.HI/c1-3-16-15-22(13-14-24-16)18(19-4-2)20-10-6-8-12-21-11-7-5-9-17(21)23;/h5,7,9,11,16H,3-4,6,8,10,12-15H2,1-2H3,(H,19,20);1H. The van der Waals surface area contributed by atoms with Crippen molar-refractivity contribution in [3.63, 3.8) is 0 Å². The zero-order valence-corrected chi connectivity index (χ0v) is 18.5. The number of pyridine rings is 1. The van der Waals surface area contributed by atoms with Gasteiger partial charge in [0, 0.05) is 56.0 Å². The van der Waals surface area contributed by atoms with E-state index in [-0.39, 0.29) is 29.5 Å². The quantitative estimate of drug-likeness (QED) is 0.283. The molecule has 0 saturated carbocycles. The van der Waals surface area contributed by atoms with Gasteiger partial charge in [-0.15, -0.1) is 24.0 Å². The van der Waals surface area contributed by atoms with Gasteiger partial charge in [-0.3, -0.25) is 9.79 Å². The van der Waals surface area contributed by atoms with Crippen molar-refractivity contribution in [1.29, 1.82) is 0 Å². The van der Waals surface area contributed by atoms with Crippen LogP contribution in [-0.4, -0.2) is 52.6 Å². The van der Waals surface area contributed by atoms with Gasteiger partial charge in [-0.2, -0.15) is 11.8 Å². The Kier molecular flexibility index (Phi) is 11.3. The summed E-state index contributed by atoms with van der Waals surface area (Å²) in [4.78, 5) is 18.9. The molecule has 1 fully saturated rings. The summed E-state index contributed by atoms with van der Waals surface area (Å²) in [5, 5.41) is 4.14. The summed E-state index contributed by atoms with van der Waals surface area (Å²) in [5.74, 6) is 2.23. The lowest BCUT2D eigenvalue weighted by molar-refractivity contribution is 0.408. The molecule has 0 bridgehead atoms. The molecule has 0 aliphatic carbocycles. The highest BCUT2D eigenvalue weighted by Gasteiger charge is 2.21. The van der Waals surface area contributed by atoms with Crippen LogP contribution < -0.4 is 10.9 Å². The van der Waals surface area contributed by atoms with E-state index in [4.69, 9.17) is 4.99 Å². The molecule has 25 heavy (non-hydrogen) atoms. The largest absolute Gasteiger partial charge is 0.357 e. The van der Waals surface area contributed by atoms with Gasteiger partial charge in [0.25, 0.3) is 0 Å². The van der Waals surface area contributed by atoms with Crippen molar-refractivity contribution in [2.24, 2.45) is 4.99 Å². The lowest BCUT2D eigenvalue weighted by atomic mass is 10.3. The molecule has 0 amide bonds. The van der Waals surface area contributed by atoms with Crippen molar-refractivity contribution in [2.45, 2.75) is 44.9 Å². The fourth-order valence-corrected chi connectivity index (χ4v) is 3.99. The average Bonchev–Trinajstić information content (AvgIpc) is 2.62. The second kappa shape index (κ2) is 12.6. The minimum absolute atomic E-state index is 0. The third-order valence-corrected chi connectivity index (χ3v) is 5.57. The van der Waals surface area contributed by atoms with Gasteiger partial charge >= 0.3 is 0 Å². The number of guanidine groups is 1. The number of aliphatic imine (C=N–C) groups is 1. The molecule has 0 radical (unpaired) electrons. The molecule has 2 heterocycles. The van der Waals surface area contributed by atoms with E-state index in [0.717, 1.165) is 51.5 Å². The third-order valence-electron chi connectivity index (χ3n) is 4.20. The van der Waals surface area contributed by atoms with Crippen molar-refractivity contribution in [2.75, 3.05) is 31.9 Å². The summed E-state index contributed by atoms with van der Waals surface area (Å²) in [6, 6.07) is 5.30. The van der Waals surface area contributed by atoms with E-state index in [1.165, 1.54) is 12.2 Å². The number of aryl methyl sites for hydroxylation is 1. The minimum atomic E-state index is 0. The van der Waals surface area contributed by atoms with E-state index in [2.05, 4.69) is 35.8 Å². The fraction of sp³-hybridized carbons (Fsp3) is 0.667. The van der Waals surface area contributed by atoms with Crippen LogP contribution in [0.15, 0.2) is 34.2 Å². The van der Waals surface area contributed by atoms with E-state index >= 15 is 0 Å². The lowest BCUT2D eigenvalue weighted by Crippen LogP contribution is -2.48. The summed E-state index contributed by atoms with van der Waals surface area (Å²) >= 11 is 2.08. The number of halogens is 1. The SMILES string of the molecule is CCNC(=NCCCCn1ccccc1=O)N1CCSC(CC)C1.I. The molecule has 0 spiro atoms. The smallest absolute Gasteiger partial charge is 0.250 e. The molecule has 1 N–H and O–H groups in total.